The fourth-order valence-corrected chi connectivity index (χ4v) is 14.2. The third kappa shape index (κ3) is 13.5. The van der Waals surface area contributed by atoms with Crippen molar-refractivity contribution >= 4 is 47.4 Å². The van der Waals surface area contributed by atoms with Crippen LogP contribution in [0.3, 0.4) is 0 Å². The summed E-state index contributed by atoms with van der Waals surface area (Å²) in [5, 5.41) is 20.9. The number of carbonyl (C=O) groups is 3. The molecule has 0 atom stereocenters. The van der Waals surface area contributed by atoms with E-state index in [9.17, 15) is 76.5 Å². The first kappa shape index (κ1) is 62.3. The van der Waals surface area contributed by atoms with Crippen LogP contribution in [0, 0.1) is 51.4 Å². The van der Waals surface area contributed by atoms with E-state index in [2.05, 4.69) is 4.85 Å². The minimum absolute atomic E-state index is 0.0907. The van der Waals surface area contributed by atoms with E-state index < -0.39 is 150 Å². The van der Waals surface area contributed by atoms with Crippen molar-refractivity contribution < 1.29 is 80.2 Å². The van der Waals surface area contributed by atoms with Gasteiger partial charge in [-0.1, -0.05) is 41.5 Å². The predicted molar refractivity (Wildman–Crippen MR) is 273 cm³/mol. The Balaban J connectivity index is 1.48. The molecule has 0 radical (unpaired) electrons. The number of carbonyl (C=O) groups excluding carboxylic acids is 3. The van der Waals surface area contributed by atoms with E-state index in [-0.39, 0.29) is 41.9 Å². The molecule has 6 aliphatic rings. The van der Waals surface area contributed by atoms with E-state index in [4.69, 9.17) is 20.8 Å². The highest BCUT2D eigenvalue weighted by Crippen LogP contribution is 2.50. The number of halogens is 6. The Kier molecular flexibility index (Phi) is 18.1. The molecule has 0 spiro atoms. The van der Waals surface area contributed by atoms with Crippen molar-refractivity contribution in [1.29, 1.82) is 10.5 Å². The van der Waals surface area contributed by atoms with Gasteiger partial charge in [0.15, 0.2) is 19.6 Å². The Labute approximate surface area is 457 Å². The van der Waals surface area contributed by atoms with Crippen molar-refractivity contribution in [2.45, 2.75) is 130 Å². The summed E-state index contributed by atoms with van der Waals surface area (Å²) in [6.07, 6.45) is 3.86. The summed E-state index contributed by atoms with van der Waals surface area (Å²) in [5.41, 5.74) is -17.6. The van der Waals surface area contributed by atoms with Crippen LogP contribution in [0.15, 0.2) is 65.4 Å². The van der Waals surface area contributed by atoms with Gasteiger partial charge in [0.05, 0.1) is 23.6 Å². The molecule has 0 aromatic rings. The highest BCUT2D eigenvalue weighted by Gasteiger charge is 2.55. The number of esters is 3. The van der Waals surface area contributed by atoms with Crippen LogP contribution in [0.5, 0.6) is 0 Å². The summed E-state index contributed by atoms with van der Waals surface area (Å²) in [7, 11) is -18.1. The molecule has 79 heavy (non-hydrogen) atoms. The largest absolute Gasteiger partial charge is 0.502 e. The molecule has 0 aromatic carbocycles. The summed E-state index contributed by atoms with van der Waals surface area (Å²) in [6.45, 7) is 16.3. The van der Waals surface area contributed by atoms with Gasteiger partial charge in [-0.15, -0.1) is 0 Å². The number of ether oxygens (including phenoxy) is 3. The lowest BCUT2D eigenvalue weighted by molar-refractivity contribution is -0.148. The number of allylic oxidation sites excluding steroid dienone is 8. The molecule has 6 rings (SSSR count). The predicted octanol–water partition coefficient (Wildman–Crippen LogP) is 8.34. The molecule has 3 heterocycles. The third-order valence-electron chi connectivity index (χ3n) is 14.7. The van der Waals surface area contributed by atoms with Crippen LogP contribution in [-0.2, 0) is 58.1 Å². The van der Waals surface area contributed by atoms with Crippen molar-refractivity contribution in [3.05, 3.63) is 76.8 Å². The zero-order valence-corrected chi connectivity index (χ0v) is 47.5. The molecular formula is C52H64F6N6O12S3. The summed E-state index contributed by atoms with van der Waals surface area (Å²) < 4.78 is 186. The number of likely N-dealkylation sites (tertiary alicyclic amines) is 3. The van der Waals surface area contributed by atoms with Crippen LogP contribution in [-0.4, -0.2) is 134 Å². The summed E-state index contributed by atoms with van der Waals surface area (Å²) in [5.74, 6) is -8.05. The van der Waals surface area contributed by atoms with Gasteiger partial charge in [-0.25, -0.2) is 44.5 Å². The Hall–Kier alpha value is -5.85. The summed E-state index contributed by atoms with van der Waals surface area (Å²) in [6, 6.07) is 3.54. The molecule has 3 saturated heterocycles. The summed E-state index contributed by atoms with van der Waals surface area (Å²) >= 11 is 0. The second-order valence-corrected chi connectivity index (χ2v) is 28.9. The van der Waals surface area contributed by atoms with E-state index >= 15 is 0 Å². The normalized spacial score (nSPS) is 23.1. The van der Waals surface area contributed by atoms with Gasteiger partial charge < -0.3 is 28.9 Å². The van der Waals surface area contributed by atoms with Crippen molar-refractivity contribution in [1.82, 2.24) is 14.7 Å². The second kappa shape index (κ2) is 23.0. The van der Waals surface area contributed by atoms with Gasteiger partial charge in [-0.3, -0.25) is 0 Å². The zero-order valence-electron chi connectivity index (χ0n) is 45.0. The molecule has 18 nitrogen and oxygen atoms in total. The first-order valence-electron chi connectivity index (χ1n) is 25.6. The molecule has 27 heteroatoms. The van der Waals surface area contributed by atoms with Gasteiger partial charge in [0.2, 0.25) is 5.70 Å². The monoisotopic (exact) mass is 1170 g/mol. The number of hydrogen-bond donors (Lipinski definition) is 0. The van der Waals surface area contributed by atoms with Gasteiger partial charge in [0.1, 0.15) is 36.9 Å². The van der Waals surface area contributed by atoms with E-state index in [0.29, 0.717) is 83.3 Å². The molecule has 0 N–H and O–H groups in total. The lowest BCUT2D eigenvalue weighted by Gasteiger charge is -2.38. The van der Waals surface area contributed by atoms with Crippen molar-refractivity contribution in [3.8, 4) is 12.1 Å². The molecule has 434 valence electrons. The van der Waals surface area contributed by atoms with Gasteiger partial charge >= 0.3 is 28.9 Å². The minimum Gasteiger partial charge on any atom is -0.461 e. The molecule has 0 saturated carbocycles. The molecule has 0 amide bonds. The Morgan fingerprint density at radius 2 is 0.835 bits per heavy atom. The fraction of sp³-hybridized carbons (Fsp3) is 0.654. The van der Waals surface area contributed by atoms with Gasteiger partial charge in [-0.2, -0.15) is 36.9 Å². The van der Waals surface area contributed by atoms with Crippen molar-refractivity contribution in [3.63, 3.8) is 0 Å². The van der Waals surface area contributed by atoms with Crippen LogP contribution in [0.1, 0.15) is 119 Å². The zero-order chi connectivity index (χ0) is 59.1. The molecule has 0 bridgehead atoms. The molecule has 0 unspecified atom stereocenters. The topological polar surface area (TPSA) is 243 Å². The quantitative estimate of drug-likeness (QED) is 0.0492. The van der Waals surface area contributed by atoms with E-state index in [0.717, 1.165) is 12.8 Å². The molecule has 0 aromatic heterocycles. The lowest BCUT2D eigenvalue weighted by Crippen LogP contribution is -2.36. The average Bonchev–Trinajstić information content (AvgIpc) is 4.19. The number of nitriles is 2. The maximum atomic E-state index is 14.7. The molecule has 3 aliphatic heterocycles. The first-order valence-corrected chi connectivity index (χ1v) is 30.4. The van der Waals surface area contributed by atoms with Crippen LogP contribution in [0.2, 0.25) is 0 Å². The smallest absolute Gasteiger partial charge is 0.461 e. The van der Waals surface area contributed by atoms with Crippen LogP contribution < -0.4 is 0 Å². The van der Waals surface area contributed by atoms with E-state index in [1.165, 1.54) is 0 Å². The van der Waals surface area contributed by atoms with Gasteiger partial charge in [-0.05, 0) is 110 Å². The van der Waals surface area contributed by atoms with E-state index in [1.54, 1.807) is 63.5 Å². The first-order chi connectivity index (χ1) is 36.4. The Morgan fingerprint density at radius 3 is 1.13 bits per heavy atom. The third-order valence-corrected chi connectivity index (χ3v) is 19.0. The Morgan fingerprint density at radius 1 is 0.544 bits per heavy atom. The van der Waals surface area contributed by atoms with Gasteiger partial charge in [0.25, 0.3) is 19.7 Å². The standard InChI is InChI=1S/C52H64F6N6O12S3/c1-48(2)21-33(36(27-59)38(24-48)62-15-9-10-16-62)43(78(70,71)51(53,54)55)46(66)75-30-32(29-74-45(65)42(77(8,68)69)35-23-50(5,6)26-40(41(35)61-7)64-19-13-14-20-64)31-76-47(67)44(79(72,73)52(56,57)58)34-22-49(3,4)25-39(37(34)28-60)63-17-11-12-18-63/h32H,9-26,29-31H2,1-6,8H3/b42-35-,43-33-,44-34-. The average molecular weight is 1180 g/mol. The van der Waals surface area contributed by atoms with Crippen LogP contribution >= 0.6 is 0 Å². The number of rotatable bonds is 15. The maximum absolute atomic E-state index is 14.7. The van der Waals surface area contributed by atoms with Crippen LogP contribution in [0.25, 0.3) is 4.85 Å². The Bertz CT molecular complexity index is 3060. The highest BCUT2D eigenvalue weighted by molar-refractivity contribution is 7.97. The molecule has 3 aliphatic carbocycles. The highest BCUT2D eigenvalue weighted by atomic mass is 32.2. The van der Waals surface area contributed by atoms with Crippen molar-refractivity contribution in [2.75, 3.05) is 65.3 Å². The molecular weight excluding hydrogens is 1110 g/mol. The van der Waals surface area contributed by atoms with Gasteiger partial charge in [0, 0.05) is 62.6 Å². The number of nitrogens with zero attached hydrogens (tertiary/aromatic N) is 6. The number of hydrogen-bond acceptors (Lipinski definition) is 17. The van der Waals surface area contributed by atoms with E-state index in [1.807, 2.05) is 4.90 Å². The fourth-order valence-electron chi connectivity index (χ4n) is 11.2. The maximum Gasteiger partial charge on any atom is 0.502 e. The van der Waals surface area contributed by atoms with Crippen molar-refractivity contribution in [2.24, 2.45) is 22.2 Å². The minimum atomic E-state index is -6.71. The number of sulfone groups is 3. The number of alkyl halides is 6. The van der Waals surface area contributed by atoms with Crippen LogP contribution in [0.4, 0.5) is 26.3 Å². The second-order valence-electron chi connectivity index (χ2n) is 23.2. The molecule has 3 fully saturated rings. The SMILES string of the molecule is [C-]#[N+]C1=C(N2CCCC2)CC(C)(C)C/C1=C(\C(=O)OCC(COC(=O)/C(=C1\CC(C)(C)CC(N2CCCC2)=C1C#N)S(=O)(=O)C(F)(F)F)COC(=O)/C(=C1\CC(C)(C)CC(N2CCCC2)=C1C#N)S(=O)(=O)C(F)(F)F)S(C)(=O)=O. The summed E-state index contributed by atoms with van der Waals surface area (Å²) in [4.78, 5) is 46.8. The lowest BCUT2D eigenvalue weighted by atomic mass is 9.73.